The molecule has 1 N–H and O–H groups in total. The maximum atomic E-state index is 13.4. The van der Waals surface area contributed by atoms with Crippen molar-refractivity contribution in [2.45, 2.75) is 18.0 Å². The molecule has 0 aliphatic carbocycles. The Kier molecular flexibility index (Phi) is 3.70. The van der Waals surface area contributed by atoms with Crippen molar-refractivity contribution in [3.05, 3.63) is 34.1 Å². The van der Waals surface area contributed by atoms with Gasteiger partial charge in [-0.3, -0.25) is 0 Å². The van der Waals surface area contributed by atoms with Crippen LogP contribution in [0.25, 0.3) is 0 Å². The van der Waals surface area contributed by atoms with Crippen molar-refractivity contribution in [2.75, 3.05) is 0 Å². The molecule has 102 valence electrons. The molecule has 9 heteroatoms. The number of rotatable bonds is 1. The molecule has 0 spiro atoms. The first kappa shape index (κ1) is 15.2. The molecule has 0 atom stereocenters. The summed E-state index contributed by atoms with van der Waals surface area (Å²) < 4.78 is 87.4. The van der Waals surface area contributed by atoms with Crippen molar-refractivity contribution < 1.29 is 35.8 Å². The average Bonchev–Trinajstić information content (AvgIpc) is 2.17. The number of halogens is 8. The van der Waals surface area contributed by atoms with Crippen LogP contribution in [0.5, 0.6) is 0 Å². The molecule has 0 amide bonds. The van der Waals surface area contributed by atoms with Gasteiger partial charge in [-0.1, -0.05) is 12.1 Å². The molecule has 0 saturated carbocycles. The second-order valence-corrected chi connectivity index (χ2v) is 4.16. The molecular weight excluding hydrogens is 337 g/mol. The Morgan fingerprint density at radius 2 is 1.39 bits per heavy atom. The fraction of sp³-hybridized carbons (Fsp3) is 0.333. The number of aliphatic hydroxyl groups is 1. The van der Waals surface area contributed by atoms with Crippen LogP contribution in [-0.2, 0) is 5.60 Å². The van der Waals surface area contributed by atoms with Crippen LogP contribution in [-0.4, -0.2) is 17.5 Å². The van der Waals surface area contributed by atoms with Gasteiger partial charge in [-0.15, -0.1) is 0 Å². The second kappa shape index (κ2) is 4.37. The van der Waals surface area contributed by atoms with Gasteiger partial charge in [0.1, 0.15) is 5.82 Å². The maximum absolute atomic E-state index is 13.4. The van der Waals surface area contributed by atoms with Gasteiger partial charge in [-0.05, 0) is 22.0 Å². The molecule has 1 aromatic rings. The lowest BCUT2D eigenvalue weighted by atomic mass is 9.92. The Morgan fingerprint density at radius 1 is 0.944 bits per heavy atom. The van der Waals surface area contributed by atoms with Gasteiger partial charge in [-0.25, -0.2) is 4.39 Å². The maximum Gasteiger partial charge on any atom is 0.430 e. The molecule has 18 heavy (non-hydrogen) atoms. The molecule has 0 fully saturated rings. The highest BCUT2D eigenvalue weighted by Crippen LogP contribution is 2.51. The van der Waals surface area contributed by atoms with Crippen LogP contribution in [0.1, 0.15) is 5.56 Å². The Balaban J connectivity index is 3.61. The van der Waals surface area contributed by atoms with E-state index >= 15 is 0 Å². The zero-order valence-electron chi connectivity index (χ0n) is 8.20. The Labute approximate surface area is 104 Å². The molecule has 0 bridgehead atoms. The predicted octanol–water partition coefficient (Wildman–Crippen LogP) is 3.90. The minimum absolute atomic E-state index is 0.223. The normalized spacial score (nSPS) is 13.8. The Morgan fingerprint density at radius 3 is 1.78 bits per heavy atom. The number of benzene rings is 1. The molecule has 1 rings (SSSR count). The highest BCUT2D eigenvalue weighted by Gasteiger charge is 2.72. The summed E-state index contributed by atoms with van der Waals surface area (Å²) in [7, 11) is 0. The largest absolute Gasteiger partial charge is 0.430 e. The van der Waals surface area contributed by atoms with E-state index < -0.39 is 33.8 Å². The van der Waals surface area contributed by atoms with Gasteiger partial charge in [0.05, 0.1) is 4.47 Å². The van der Waals surface area contributed by atoms with Crippen molar-refractivity contribution in [2.24, 2.45) is 0 Å². The van der Waals surface area contributed by atoms with Crippen molar-refractivity contribution in [1.29, 1.82) is 0 Å². The molecule has 0 aliphatic heterocycles. The summed E-state index contributed by atoms with van der Waals surface area (Å²) in [4.78, 5) is 0. The third-order valence-electron chi connectivity index (χ3n) is 2.16. The smallest absolute Gasteiger partial charge is 0.369 e. The standard InChI is InChI=1S/C9H4BrF7O/c10-5-3-1-2-4(6(5)11)7(18,8(12,13)14)9(15,16)17/h1-3,18H. The lowest BCUT2D eigenvalue weighted by molar-refractivity contribution is -0.377. The van der Waals surface area contributed by atoms with E-state index in [-0.39, 0.29) is 6.07 Å². The Hall–Kier alpha value is -0.830. The first-order valence-electron chi connectivity index (χ1n) is 4.23. The van der Waals surface area contributed by atoms with Crippen molar-refractivity contribution in [3.8, 4) is 0 Å². The summed E-state index contributed by atoms with van der Waals surface area (Å²) in [6.07, 6.45) is -12.2. The van der Waals surface area contributed by atoms with Crippen LogP contribution in [0.15, 0.2) is 22.7 Å². The number of hydrogen-bond acceptors (Lipinski definition) is 1. The quantitative estimate of drug-likeness (QED) is 0.769. The lowest BCUT2D eigenvalue weighted by Crippen LogP contribution is -2.54. The first-order chi connectivity index (χ1) is 7.93. The SMILES string of the molecule is OC(c1cccc(Br)c1F)(C(F)(F)F)C(F)(F)F. The summed E-state index contributed by atoms with van der Waals surface area (Å²) in [6, 6.07) is 1.89. The van der Waals surface area contributed by atoms with E-state index in [1.807, 2.05) is 0 Å². The fourth-order valence-corrected chi connectivity index (χ4v) is 1.62. The van der Waals surface area contributed by atoms with Gasteiger partial charge in [-0.2, -0.15) is 26.3 Å². The van der Waals surface area contributed by atoms with Gasteiger partial charge < -0.3 is 5.11 Å². The zero-order valence-corrected chi connectivity index (χ0v) is 9.79. The predicted molar refractivity (Wildman–Crippen MR) is 50.1 cm³/mol. The van der Waals surface area contributed by atoms with Crippen LogP contribution in [0, 0.1) is 5.82 Å². The van der Waals surface area contributed by atoms with Gasteiger partial charge >= 0.3 is 12.4 Å². The fourth-order valence-electron chi connectivity index (χ4n) is 1.25. The lowest BCUT2D eigenvalue weighted by Gasteiger charge is -2.32. The molecular formula is C9H4BrF7O. The van der Waals surface area contributed by atoms with Crippen LogP contribution < -0.4 is 0 Å². The highest BCUT2D eigenvalue weighted by molar-refractivity contribution is 9.10. The molecule has 0 aromatic heterocycles. The first-order valence-corrected chi connectivity index (χ1v) is 5.02. The van der Waals surface area contributed by atoms with Crippen LogP contribution in [0.2, 0.25) is 0 Å². The van der Waals surface area contributed by atoms with E-state index in [9.17, 15) is 30.7 Å². The molecule has 0 saturated heterocycles. The highest BCUT2D eigenvalue weighted by atomic mass is 79.9. The van der Waals surface area contributed by atoms with E-state index in [4.69, 9.17) is 5.11 Å². The van der Waals surface area contributed by atoms with Crippen LogP contribution >= 0.6 is 15.9 Å². The van der Waals surface area contributed by atoms with Crippen molar-refractivity contribution in [3.63, 3.8) is 0 Å². The van der Waals surface area contributed by atoms with Gasteiger partial charge in [0.25, 0.3) is 5.60 Å². The van der Waals surface area contributed by atoms with Gasteiger partial charge in [0.15, 0.2) is 0 Å². The summed E-state index contributed by atoms with van der Waals surface area (Å²) >= 11 is 2.45. The Bertz CT molecular complexity index is 437. The van der Waals surface area contributed by atoms with Gasteiger partial charge in [0, 0.05) is 5.56 Å². The zero-order chi connectivity index (χ0) is 14.4. The minimum Gasteiger partial charge on any atom is -0.369 e. The number of alkyl halides is 6. The molecule has 0 aliphatic rings. The minimum atomic E-state index is -6.10. The summed E-state index contributed by atoms with van der Waals surface area (Å²) in [5, 5.41) is 8.95. The third kappa shape index (κ3) is 2.20. The summed E-state index contributed by atoms with van der Waals surface area (Å²) in [5.41, 5.74) is -7.16. The van der Waals surface area contributed by atoms with E-state index in [0.29, 0.717) is 0 Å². The number of hydrogen-bond donors (Lipinski definition) is 1. The van der Waals surface area contributed by atoms with E-state index in [0.717, 1.165) is 12.1 Å². The molecule has 0 heterocycles. The second-order valence-electron chi connectivity index (χ2n) is 3.31. The van der Waals surface area contributed by atoms with Gasteiger partial charge in [0.2, 0.25) is 0 Å². The van der Waals surface area contributed by atoms with Crippen LogP contribution in [0.4, 0.5) is 30.7 Å². The van der Waals surface area contributed by atoms with Crippen molar-refractivity contribution in [1.82, 2.24) is 0 Å². The summed E-state index contributed by atoms with van der Waals surface area (Å²) in [6.45, 7) is 0. The van der Waals surface area contributed by atoms with E-state index in [1.165, 1.54) is 0 Å². The topological polar surface area (TPSA) is 20.2 Å². The van der Waals surface area contributed by atoms with E-state index in [1.54, 1.807) is 0 Å². The summed E-state index contributed by atoms with van der Waals surface area (Å²) in [5.74, 6) is -1.82. The average molecular weight is 341 g/mol. The molecule has 0 unspecified atom stereocenters. The monoisotopic (exact) mass is 340 g/mol. The third-order valence-corrected chi connectivity index (χ3v) is 2.77. The van der Waals surface area contributed by atoms with E-state index in [2.05, 4.69) is 15.9 Å². The molecule has 0 radical (unpaired) electrons. The molecule has 1 nitrogen and oxygen atoms in total. The van der Waals surface area contributed by atoms with Crippen molar-refractivity contribution >= 4 is 15.9 Å². The molecule has 1 aromatic carbocycles. The van der Waals surface area contributed by atoms with Crippen LogP contribution in [0.3, 0.4) is 0 Å².